The molecule has 0 saturated heterocycles. The average molecular weight is 308 g/mol. The Labute approximate surface area is 132 Å². The van der Waals surface area contributed by atoms with E-state index in [4.69, 9.17) is 4.98 Å². The van der Waals surface area contributed by atoms with Crippen LogP contribution < -0.4 is 10.6 Å². The number of thioether (sulfide) groups is 1. The Morgan fingerprint density at radius 3 is 2.29 bits per heavy atom. The summed E-state index contributed by atoms with van der Waals surface area (Å²) in [5.74, 6) is 2.94. The molecule has 1 fully saturated rings. The van der Waals surface area contributed by atoms with Gasteiger partial charge < -0.3 is 10.6 Å². The highest BCUT2D eigenvalue weighted by Gasteiger charge is 2.41. The molecule has 1 aromatic rings. The molecule has 2 N–H and O–H groups in total. The lowest BCUT2D eigenvalue weighted by atomic mass is 10.2. The summed E-state index contributed by atoms with van der Waals surface area (Å²) in [7, 11) is 0. The van der Waals surface area contributed by atoms with Crippen LogP contribution in [0.3, 0.4) is 0 Å². The first-order chi connectivity index (χ1) is 10.1. The summed E-state index contributed by atoms with van der Waals surface area (Å²) in [5, 5.41) is 7.00. The van der Waals surface area contributed by atoms with E-state index in [9.17, 15) is 0 Å². The van der Waals surface area contributed by atoms with Crippen molar-refractivity contribution in [3.8, 4) is 0 Å². The second kappa shape index (κ2) is 7.34. The normalized spacial score (nSPS) is 15.8. The SMILES string of the molecule is CCCNc1nc(CCC)nc(NCC2(SC)CC2)c1C. The highest BCUT2D eigenvalue weighted by Crippen LogP contribution is 2.47. The van der Waals surface area contributed by atoms with Crippen molar-refractivity contribution in [2.24, 2.45) is 0 Å². The predicted molar refractivity (Wildman–Crippen MR) is 93.5 cm³/mol. The minimum atomic E-state index is 0.444. The minimum absolute atomic E-state index is 0.444. The van der Waals surface area contributed by atoms with Crippen LogP contribution in [0.5, 0.6) is 0 Å². The summed E-state index contributed by atoms with van der Waals surface area (Å²) >= 11 is 1.97. The van der Waals surface area contributed by atoms with E-state index in [1.54, 1.807) is 0 Å². The summed E-state index contributed by atoms with van der Waals surface area (Å²) in [6.07, 6.45) is 7.94. The molecule has 0 aromatic carbocycles. The van der Waals surface area contributed by atoms with Gasteiger partial charge in [-0.05, 0) is 38.9 Å². The zero-order valence-corrected chi connectivity index (χ0v) is 14.6. The lowest BCUT2D eigenvalue weighted by molar-refractivity contribution is 0.824. The Balaban J connectivity index is 2.14. The molecule has 0 spiro atoms. The van der Waals surface area contributed by atoms with Gasteiger partial charge in [0.15, 0.2) is 0 Å². The van der Waals surface area contributed by atoms with E-state index >= 15 is 0 Å². The van der Waals surface area contributed by atoms with Crippen molar-refractivity contribution in [1.29, 1.82) is 0 Å². The van der Waals surface area contributed by atoms with Gasteiger partial charge >= 0.3 is 0 Å². The van der Waals surface area contributed by atoms with Crippen molar-refractivity contribution in [2.45, 2.75) is 57.6 Å². The Morgan fingerprint density at radius 1 is 1.10 bits per heavy atom. The molecule has 0 atom stereocenters. The van der Waals surface area contributed by atoms with Crippen LogP contribution in [0.15, 0.2) is 0 Å². The number of hydrogen-bond acceptors (Lipinski definition) is 5. The molecule has 2 rings (SSSR count). The maximum absolute atomic E-state index is 4.72. The zero-order valence-electron chi connectivity index (χ0n) is 13.8. The van der Waals surface area contributed by atoms with Gasteiger partial charge in [-0.3, -0.25) is 0 Å². The van der Waals surface area contributed by atoms with Crippen LogP contribution in [0.2, 0.25) is 0 Å². The van der Waals surface area contributed by atoms with Crippen LogP contribution in [0.1, 0.15) is 50.9 Å². The highest BCUT2D eigenvalue weighted by molar-refractivity contribution is 8.00. The van der Waals surface area contributed by atoms with Crippen LogP contribution >= 0.6 is 11.8 Å². The molecule has 1 saturated carbocycles. The summed E-state index contributed by atoms with van der Waals surface area (Å²) in [5.41, 5.74) is 1.14. The van der Waals surface area contributed by atoms with Gasteiger partial charge in [0, 0.05) is 29.8 Å². The smallest absolute Gasteiger partial charge is 0.134 e. The number of aromatic nitrogens is 2. The average Bonchev–Trinajstić information content (AvgIpc) is 3.27. The first kappa shape index (κ1) is 16.4. The van der Waals surface area contributed by atoms with Gasteiger partial charge in [0.1, 0.15) is 17.5 Å². The third kappa shape index (κ3) is 4.25. The van der Waals surface area contributed by atoms with E-state index < -0.39 is 0 Å². The fourth-order valence-electron chi connectivity index (χ4n) is 2.32. The third-order valence-electron chi connectivity index (χ3n) is 4.03. The maximum Gasteiger partial charge on any atom is 0.134 e. The standard InChI is InChI=1S/C16H28N4S/c1-5-7-13-19-14(17-10-6-2)12(3)15(20-13)18-11-16(21-4)8-9-16/h5-11H2,1-4H3,(H2,17,18,19,20). The molecule has 4 nitrogen and oxygen atoms in total. The first-order valence-corrected chi connectivity index (χ1v) is 9.27. The van der Waals surface area contributed by atoms with E-state index in [2.05, 4.69) is 42.6 Å². The summed E-state index contributed by atoms with van der Waals surface area (Å²) in [4.78, 5) is 9.40. The van der Waals surface area contributed by atoms with E-state index in [0.29, 0.717) is 4.75 Å². The Morgan fingerprint density at radius 2 is 1.76 bits per heavy atom. The molecule has 0 bridgehead atoms. The van der Waals surface area contributed by atoms with Crippen molar-refractivity contribution < 1.29 is 0 Å². The first-order valence-electron chi connectivity index (χ1n) is 8.04. The van der Waals surface area contributed by atoms with Crippen LogP contribution in [-0.2, 0) is 6.42 Å². The molecule has 0 radical (unpaired) electrons. The van der Waals surface area contributed by atoms with E-state index in [0.717, 1.165) is 55.4 Å². The summed E-state index contributed by atoms with van der Waals surface area (Å²) in [6, 6.07) is 0. The molecule has 21 heavy (non-hydrogen) atoms. The Hall–Kier alpha value is -0.970. The van der Waals surface area contributed by atoms with Gasteiger partial charge in [-0.15, -0.1) is 0 Å². The zero-order chi connectivity index (χ0) is 15.3. The number of rotatable bonds is 9. The molecule has 0 amide bonds. The summed E-state index contributed by atoms with van der Waals surface area (Å²) < 4.78 is 0.444. The van der Waals surface area contributed by atoms with Crippen LogP contribution in [-0.4, -0.2) is 34.1 Å². The van der Waals surface area contributed by atoms with Crippen molar-refractivity contribution in [1.82, 2.24) is 9.97 Å². The fourth-order valence-corrected chi connectivity index (χ4v) is 3.05. The van der Waals surface area contributed by atoms with Crippen LogP contribution in [0.4, 0.5) is 11.6 Å². The second-order valence-electron chi connectivity index (χ2n) is 5.88. The molecule has 5 heteroatoms. The number of hydrogen-bond donors (Lipinski definition) is 2. The lowest BCUT2D eigenvalue weighted by Crippen LogP contribution is -2.20. The van der Waals surface area contributed by atoms with Crippen molar-refractivity contribution >= 4 is 23.4 Å². The van der Waals surface area contributed by atoms with Gasteiger partial charge in [0.25, 0.3) is 0 Å². The molecule has 0 unspecified atom stereocenters. The number of aryl methyl sites for hydroxylation is 1. The largest absolute Gasteiger partial charge is 0.370 e. The molecule has 1 aromatic heterocycles. The van der Waals surface area contributed by atoms with Crippen molar-refractivity contribution in [2.75, 3.05) is 30.0 Å². The molecular weight excluding hydrogens is 280 g/mol. The van der Waals surface area contributed by atoms with Gasteiger partial charge in [0.05, 0.1) is 0 Å². The van der Waals surface area contributed by atoms with Gasteiger partial charge in [-0.2, -0.15) is 11.8 Å². The topological polar surface area (TPSA) is 49.8 Å². The van der Waals surface area contributed by atoms with E-state index in [1.165, 1.54) is 12.8 Å². The van der Waals surface area contributed by atoms with Gasteiger partial charge in [0.2, 0.25) is 0 Å². The molecular formula is C16H28N4S. The quantitative estimate of drug-likeness (QED) is 0.725. The lowest BCUT2D eigenvalue weighted by Gasteiger charge is -2.18. The maximum atomic E-state index is 4.72. The predicted octanol–water partition coefficient (Wildman–Crippen LogP) is 3.87. The van der Waals surface area contributed by atoms with E-state index in [-0.39, 0.29) is 0 Å². The molecule has 118 valence electrons. The van der Waals surface area contributed by atoms with E-state index in [1.807, 2.05) is 11.8 Å². The van der Waals surface area contributed by atoms with Gasteiger partial charge in [-0.1, -0.05) is 13.8 Å². The second-order valence-corrected chi connectivity index (χ2v) is 7.15. The van der Waals surface area contributed by atoms with Crippen molar-refractivity contribution in [3.05, 3.63) is 11.4 Å². The molecule has 0 aliphatic heterocycles. The number of nitrogens with one attached hydrogen (secondary N) is 2. The minimum Gasteiger partial charge on any atom is -0.370 e. The van der Waals surface area contributed by atoms with Crippen LogP contribution in [0.25, 0.3) is 0 Å². The Kier molecular flexibility index (Phi) is 5.73. The molecule has 1 heterocycles. The summed E-state index contributed by atoms with van der Waals surface area (Å²) in [6.45, 7) is 8.41. The number of anilines is 2. The van der Waals surface area contributed by atoms with Gasteiger partial charge in [-0.25, -0.2) is 9.97 Å². The molecule has 1 aliphatic rings. The molecule has 1 aliphatic carbocycles. The van der Waals surface area contributed by atoms with Crippen molar-refractivity contribution in [3.63, 3.8) is 0 Å². The number of nitrogens with zero attached hydrogens (tertiary/aromatic N) is 2. The monoisotopic (exact) mass is 308 g/mol. The highest BCUT2D eigenvalue weighted by atomic mass is 32.2. The fraction of sp³-hybridized carbons (Fsp3) is 0.750. The Bertz CT molecular complexity index is 472. The van der Waals surface area contributed by atoms with Crippen LogP contribution in [0, 0.1) is 6.92 Å². The third-order valence-corrected chi connectivity index (χ3v) is 5.45.